The van der Waals surface area contributed by atoms with E-state index in [1.165, 1.54) is 6.92 Å². The monoisotopic (exact) mass is 410 g/mol. The molecule has 0 aromatic heterocycles. The topological polar surface area (TPSA) is 66.5 Å². The number of carbonyl (C=O) groups excluding carboxylic acids is 1. The summed E-state index contributed by atoms with van der Waals surface area (Å²) in [5, 5.41) is 2.79. The quantitative estimate of drug-likeness (QED) is 0.791. The first-order valence-electron chi connectivity index (χ1n) is 8.73. The summed E-state index contributed by atoms with van der Waals surface area (Å²) in [6, 6.07) is 7.01. The third-order valence-electron chi connectivity index (χ3n) is 4.50. The minimum Gasteiger partial charge on any atom is -0.348 e. The van der Waals surface area contributed by atoms with Gasteiger partial charge in [0.15, 0.2) is 11.6 Å². The van der Waals surface area contributed by atoms with Gasteiger partial charge in [-0.3, -0.25) is 9.10 Å². The average molecular weight is 410 g/mol. The van der Waals surface area contributed by atoms with Crippen molar-refractivity contribution in [2.75, 3.05) is 10.6 Å². The zero-order valence-corrected chi connectivity index (χ0v) is 17.3. The zero-order chi connectivity index (χ0) is 21.2. The summed E-state index contributed by atoms with van der Waals surface area (Å²) in [7, 11) is -3.92. The van der Waals surface area contributed by atoms with Gasteiger partial charge in [0.1, 0.15) is 6.04 Å². The molecule has 0 fully saturated rings. The second-order valence-electron chi connectivity index (χ2n) is 6.92. The molecule has 0 saturated heterocycles. The highest BCUT2D eigenvalue weighted by molar-refractivity contribution is 7.92. The van der Waals surface area contributed by atoms with Gasteiger partial charge in [0, 0.05) is 6.07 Å². The van der Waals surface area contributed by atoms with E-state index < -0.39 is 33.6 Å². The van der Waals surface area contributed by atoms with Crippen LogP contribution in [0.15, 0.2) is 36.4 Å². The van der Waals surface area contributed by atoms with Crippen molar-refractivity contribution in [3.8, 4) is 0 Å². The van der Waals surface area contributed by atoms with Gasteiger partial charge >= 0.3 is 0 Å². The first kappa shape index (κ1) is 21.8. The van der Waals surface area contributed by atoms with Gasteiger partial charge in [-0.05, 0) is 51.0 Å². The predicted molar refractivity (Wildman–Crippen MR) is 106 cm³/mol. The molecule has 2 atom stereocenters. The lowest BCUT2D eigenvalue weighted by atomic mass is 10.00. The van der Waals surface area contributed by atoms with Crippen LogP contribution < -0.4 is 9.62 Å². The Balaban J connectivity index is 2.29. The third-order valence-corrected chi connectivity index (χ3v) is 5.74. The van der Waals surface area contributed by atoms with Crippen LogP contribution in [0.5, 0.6) is 0 Å². The maximum atomic E-state index is 13.6. The Bertz CT molecular complexity index is 993. The normalized spacial score (nSPS) is 13.7. The Morgan fingerprint density at radius 3 is 2.21 bits per heavy atom. The molecule has 5 nitrogen and oxygen atoms in total. The molecule has 0 heterocycles. The van der Waals surface area contributed by atoms with Crippen molar-refractivity contribution in [2.45, 2.75) is 39.8 Å². The van der Waals surface area contributed by atoms with Crippen molar-refractivity contribution in [3.63, 3.8) is 0 Å². The number of carbonyl (C=O) groups is 1. The lowest BCUT2D eigenvalue weighted by Crippen LogP contribution is -2.48. The maximum Gasteiger partial charge on any atom is 0.244 e. The molecule has 8 heteroatoms. The van der Waals surface area contributed by atoms with E-state index in [0.29, 0.717) is 0 Å². The largest absolute Gasteiger partial charge is 0.348 e. The number of nitrogens with zero attached hydrogens (tertiary/aromatic N) is 1. The molecule has 2 aromatic rings. The van der Waals surface area contributed by atoms with Gasteiger partial charge in [0.2, 0.25) is 15.9 Å². The summed E-state index contributed by atoms with van der Waals surface area (Å²) in [4.78, 5) is 12.7. The summed E-state index contributed by atoms with van der Waals surface area (Å²) in [5.74, 6) is -2.84. The van der Waals surface area contributed by atoms with E-state index in [4.69, 9.17) is 0 Å². The van der Waals surface area contributed by atoms with Gasteiger partial charge in [-0.15, -0.1) is 0 Å². The Labute approximate surface area is 164 Å². The molecule has 0 aliphatic rings. The standard InChI is InChI=1S/C20H24F2N2O3S/c1-12-6-8-17(13(2)10-12)14(3)23-20(25)15(4)24(28(5,26)27)16-7-9-18(21)19(22)11-16/h6-11,14-15H,1-5H3,(H,23,25)/t14-,15-/m0/s1. The number of nitrogens with one attached hydrogen (secondary N) is 1. The highest BCUT2D eigenvalue weighted by Gasteiger charge is 2.30. The molecule has 2 aromatic carbocycles. The molecule has 0 spiro atoms. The highest BCUT2D eigenvalue weighted by Crippen LogP contribution is 2.24. The Hall–Kier alpha value is -2.48. The number of halogens is 2. The van der Waals surface area contributed by atoms with E-state index in [1.807, 2.05) is 32.0 Å². The average Bonchev–Trinajstić information content (AvgIpc) is 2.56. The molecule has 2 rings (SSSR count). The van der Waals surface area contributed by atoms with Crippen molar-refractivity contribution in [3.05, 3.63) is 64.7 Å². The fraction of sp³-hybridized carbons (Fsp3) is 0.350. The summed E-state index contributed by atoms with van der Waals surface area (Å²) in [5.41, 5.74) is 2.88. The molecule has 28 heavy (non-hydrogen) atoms. The Morgan fingerprint density at radius 1 is 1.04 bits per heavy atom. The van der Waals surface area contributed by atoms with Crippen molar-refractivity contribution >= 4 is 21.6 Å². The molecule has 1 N–H and O–H groups in total. The predicted octanol–water partition coefficient (Wildman–Crippen LogP) is 3.61. The number of rotatable bonds is 6. The fourth-order valence-corrected chi connectivity index (χ4v) is 4.32. The van der Waals surface area contributed by atoms with E-state index in [1.54, 1.807) is 6.92 Å². The van der Waals surface area contributed by atoms with Crippen LogP contribution in [0.2, 0.25) is 0 Å². The van der Waals surface area contributed by atoms with Gasteiger partial charge in [-0.25, -0.2) is 17.2 Å². The summed E-state index contributed by atoms with van der Waals surface area (Å²) < 4.78 is 52.1. The zero-order valence-electron chi connectivity index (χ0n) is 16.5. The maximum absolute atomic E-state index is 13.6. The van der Waals surface area contributed by atoms with Crippen LogP contribution in [0.1, 0.15) is 36.6 Å². The van der Waals surface area contributed by atoms with Crippen LogP contribution in [-0.2, 0) is 14.8 Å². The number of benzene rings is 2. The van der Waals surface area contributed by atoms with E-state index in [-0.39, 0.29) is 11.7 Å². The molecule has 0 unspecified atom stereocenters. The van der Waals surface area contributed by atoms with E-state index in [0.717, 1.165) is 45.5 Å². The van der Waals surface area contributed by atoms with Crippen molar-refractivity contribution in [2.24, 2.45) is 0 Å². The second-order valence-corrected chi connectivity index (χ2v) is 8.78. The molecule has 0 aliphatic heterocycles. The molecule has 0 radical (unpaired) electrons. The molecule has 0 saturated carbocycles. The lowest BCUT2D eigenvalue weighted by Gasteiger charge is -2.29. The minimum atomic E-state index is -3.92. The van der Waals surface area contributed by atoms with Crippen LogP contribution in [0.3, 0.4) is 0 Å². The summed E-state index contributed by atoms with van der Waals surface area (Å²) in [6.07, 6.45) is 0.908. The van der Waals surface area contributed by atoms with E-state index in [2.05, 4.69) is 5.32 Å². The number of amides is 1. The van der Waals surface area contributed by atoms with E-state index >= 15 is 0 Å². The minimum absolute atomic E-state index is 0.122. The lowest BCUT2D eigenvalue weighted by molar-refractivity contribution is -0.122. The summed E-state index contributed by atoms with van der Waals surface area (Å²) in [6.45, 7) is 7.09. The van der Waals surface area contributed by atoms with E-state index in [9.17, 15) is 22.0 Å². The first-order chi connectivity index (χ1) is 12.9. The van der Waals surface area contributed by atoms with Crippen LogP contribution >= 0.6 is 0 Å². The molecule has 0 aliphatic carbocycles. The van der Waals surface area contributed by atoms with Gasteiger partial charge in [-0.2, -0.15) is 0 Å². The molecule has 1 amide bonds. The van der Waals surface area contributed by atoms with Crippen LogP contribution in [0.25, 0.3) is 0 Å². The number of hydrogen-bond donors (Lipinski definition) is 1. The van der Waals surface area contributed by atoms with Crippen molar-refractivity contribution in [1.82, 2.24) is 5.32 Å². The first-order valence-corrected chi connectivity index (χ1v) is 10.6. The second kappa shape index (κ2) is 8.26. The third kappa shape index (κ3) is 4.86. The Kier molecular flexibility index (Phi) is 6.44. The fourth-order valence-electron chi connectivity index (χ4n) is 3.15. The number of aryl methyl sites for hydroxylation is 2. The molecule has 0 bridgehead atoms. The molecular weight excluding hydrogens is 386 g/mol. The number of hydrogen-bond acceptors (Lipinski definition) is 3. The SMILES string of the molecule is Cc1ccc([C@H](C)NC(=O)[C@H](C)N(c2ccc(F)c(F)c2)S(C)(=O)=O)c(C)c1. The Morgan fingerprint density at radius 2 is 1.68 bits per heavy atom. The van der Waals surface area contributed by atoms with Crippen molar-refractivity contribution in [1.29, 1.82) is 0 Å². The van der Waals surface area contributed by atoms with Gasteiger partial charge < -0.3 is 5.32 Å². The smallest absolute Gasteiger partial charge is 0.244 e. The van der Waals surface area contributed by atoms with Gasteiger partial charge in [-0.1, -0.05) is 23.8 Å². The van der Waals surface area contributed by atoms with Gasteiger partial charge in [0.25, 0.3) is 0 Å². The molecule has 152 valence electrons. The summed E-state index contributed by atoms with van der Waals surface area (Å²) >= 11 is 0. The highest BCUT2D eigenvalue weighted by atomic mass is 32.2. The van der Waals surface area contributed by atoms with Crippen LogP contribution in [0, 0.1) is 25.5 Å². The van der Waals surface area contributed by atoms with Crippen LogP contribution in [0.4, 0.5) is 14.5 Å². The van der Waals surface area contributed by atoms with Gasteiger partial charge in [0.05, 0.1) is 18.0 Å². The number of sulfonamides is 1. The number of anilines is 1. The molecular formula is C20H24F2N2O3S. The van der Waals surface area contributed by atoms with Crippen molar-refractivity contribution < 1.29 is 22.0 Å². The van der Waals surface area contributed by atoms with Crippen LogP contribution in [-0.4, -0.2) is 26.6 Å².